The maximum atomic E-state index is 13.6. The van der Waals surface area contributed by atoms with E-state index in [-0.39, 0.29) is 22.8 Å². The van der Waals surface area contributed by atoms with Gasteiger partial charge in [-0.15, -0.1) is 0 Å². The molecule has 4 rings (SSSR count). The van der Waals surface area contributed by atoms with Crippen molar-refractivity contribution in [3.05, 3.63) is 124 Å². The molecule has 0 saturated heterocycles. The molecule has 0 bridgehead atoms. The number of sulfonamides is 1. The quantitative estimate of drug-likeness (QED) is 0.280. The van der Waals surface area contributed by atoms with Crippen LogP contribution >= 0.6 is 11.6 Å². The molecule has 0 fully saturated rings. The molecule has 0 aliphatic rings. The predicted octanol–water partition coefficient (Wildman–Crippen LogP) is 5.74. The van der Waals surface area contributed by atoms with Gasteiger partial charge in [0.2, 0.25) is 0 Å². The summed E-state index contributed by atoms with van der Waals surface area (Å²) in [5, 5.41) is 0.363. The number of rotatable bonds is 7. The zero-order valence-electron chi connectivity index (χ0n) is 20.1. The van der Waals surface area contributed by atoms with Crippen LogP contribution in [0.3, 0.4) is 0 Å². The lowest BCUT2D eigenvalue weighted by molar-refractivity contribution is 0.0467. The van der Waals surface area contributed by atoms with Gasteiger partial charge in [0.05, 0.1) is 28.0 Å². The average molecular weight is 535 g/mol. The van der Waals surface area contributed by atoms with Gasteiger partial charge < -0.3 is 4.74 Å². The molecule has 188 valence electrons. The molecule has 9 heteroatoms. The van der Waals surface area contributed by atoms with Crippen molar-refractivity contribution < 1.29 is 22.7 Å². The Morgan fingerprint density at radius 2 is 1.43 bits per heavy atom. The number of aryl methyl sites for hydroxylation is 2. The normalized spacial score (nSPS) is 11.1. The number of carbonyl (C=O) groups is 2. The second-order valence-electron chi connectivity index (χ2n) is 8.24. The van der Waals surface area contributed by atoms with Gasteiger partial charge in [-0.05, 0) is 73.5 Å². The van der Waals surface area contributed by atoms with E-state index >= 15 is 0 Å². The molecular formula is C28H23ClN2O5S. The highest BCUT2D eigenvalue weighted by molar-refractivity contribution is 7.93. The molecule has 1 amide bonds. The Bertz CT molecular complexity index is 1550. The third-order valence-corrected chi connectivity index (χ3v) is 7.65. The first-order valence-electron chi connectivity index (χ1n) is 11.3. The van der Waals surface area contributed by atoms with Gasteiger partial charge in [-0.3, -0.25) is 9.78 Å². The Hall–Kier alpha value is -4.01. The topological polar surface area (TPSA) is 93.6 Å². The van der Waals surface area contributed by atoms with Crippen molar-refractivity contribution in [3.63, 3.8) is 0 Å². The first-order chi connectivity index (χ1) is 17.7. The molecule has 0 aliphatic carbocycles. The Morgan fingerprint density at radius 3 is 2.00 bits per heavy atom. The van der Waals surface area contributed by atoms with Crippen LogP contribution in [0.15, 0.2) is 96.0 Å². The van der Waals surface area contributed by atoms with E-state index in [0.717, 1.165) is 5.56 Å². The van der Waals surface area contributed by atoms with Gasteiger partial charge in [0, 0.05) is 10.6 Å². The SMILES string of the molecule is Cc1ccccc1C(=O)OCc1ccc(N(C(=O)c2ccccc2C)S(=O)(=O)c2ccc(Cl)cc2)cn1. The summed E-state index contributed by atoms with van der Waals surface area (Å²) >= 11 is 5.93. The first-order valence-corrected chi connectivity index (χ1v) is 13.1. The number of ether oxygens (including phenoxy) is 1. The van der Waals surface area contributed by atoms with Crippen molar-refractivity contribution in [3.8, 4) is 0 Å². The maximum absolute atomic E-state index is 13.6. The number of halogens is 1. The number of anilines is 1. The summed E-state index contributed by atoms with van der Waals surface area (Å²) in [6.45, 7) is 3.42. The van der Waals surface area contributed by atoms with E-state index in [9.17, 15) is 18.0 Å². The second-order valence-corrected chi connectivity index (χ2v) is 10.5. The lowest BCUT2D eigenvalue weighted by atomic mass is 10.1. The molecule has 0 radical (unpaired) electrons. The lowest BCUT2D eigenvalue weighted by Gasteiger charge is -2.23. The molecule has 0 spiro atoms. The van der Waals surface area contributed by atoms with Crippen molar-refractivity contribution in [1.29, 1.82) is 0 Å². The van der Waals surface area contributed by atoms with Crippen LogP contribution in [0, 0.1) is 13.8 Å². The van der Waals surface area contributed by atoms with Crippen LogP contribution in [0.4, 0.5) is 5.69 Å². The third kappa shape index (κ3) is 5.71. The molecule has 0 N–H and O–H groups in total. The van der Waals surface area contributed by atoms with Gasteiger partial charge in [-0.2, -0.15) is 4.31 Å². The largest absolute Gasteiger partial charge is 0.456 e. The summed E-state index contributed by atoms with van der Waals surface area (Å²) < 4.78 is 33.3. The van der Waals surface area contributed by atoms with E-state index in [1.807, 2.05) is 19.1 Å². The molecule has 0 saturated carbocycles. The molecule has 4 aromatic rings. The number of esters is 1. The van der Waals surface area contributed by atoms with Crippen LogP contribution in [0.1, 0.15) is 37.5 Å². The van der Waals surface area contributed by atoms with E-state index < -0.39 is 21.9 Å². The summed E-state index contributed by atoms with van der Waals surface area (Å²) in [5.74, 6) is -1.22. The number of carbonyl (C=O) groups excluding carboxylic acids is 2. The maximum Gasteiger partial charge on any atom is 0.338 e. The minimum absolute atomic E-state index is 0.0391. The minimum atomic E-state index is -4.31. The summed E-state index contributed by atoms with van der Waals surface area (Å²) in [7, 11) is -4.31. The van der Waals surface area contributed by atoms with E-state index in [2.05, 4.69) is 4.98 Å². The van der Waals surface area contributed by atoms with Crippen molar-refractivity contribution in [2.24, 2.45) is 0 Å². The second kappa shape index (κ2) is 10.9. The Kier molecular flexibility index (Phi) is 7.71. The van der Waals surface area contributed by atoms with Gasteiger partial charge in [0.1, 0.15) is 6.61 Å². The van der Waals surface area contributed by atoms with Crippen LogP contribution in [-0.2, 0) is 21.4 Å². The summed E-state index contributed by atoms with van der Waals surface area (Å²) in [6, 6.07) is 22.3. The predicted molar refractivity (Wildman–Crippen MR) is 141 cm³/mol. The summed E-state index contributed by atoms with van der Waals surface area (Å²) in [5.41, 5.74) is 2.51. The van der Waals surface area contributed by atoms with Gasteiger partial charge in [-0.25, -0.2) is 13.2 Å². The fourth-order valence-corrected chi connectivity index (χ4v) is 5.16. The summed E-state index contributed by atoms with van der Waals surface area (Å²) in [6.07, 6.45) is 1.26. The zero-order chi connectivity index (χ0) is 26.6. The standard InChI is InChI=1S/C28H23ClN2O5S/c1-19-7-3-5-9-25(19)27(32)31(37(34,35)24-15-11-21(29)12-16-24)23-14-13-22(30-17-23)18-36-28(33)26-10-6-4-8-20(26)2/h3-17H,18H2,1-2H3. The molecule has 1 aromatic heterocycles. The van der Waals surface area contributed by atoms with E-state index in [0.29, 0.717) is 26.1 Å². The van der Waals surface area contributed by atoms with Gasteiger partial charge >= 0.3 is 5.97 Å². The third-order valence-electron chi connectivity index (χ3n) is 5.67. The number of pyridine rings is 1. The minimum Gasteiger partial charge on any atom is -0.456 e. The van der Waals surface area contributed by atoms with Crippen LogP contribution in [0.2, 0.25) is 5.02 Å². The number of hydrogen-bond donors (Lipinski definition) is 0. The average Bonchev–Trinajstić information content (AvgIpc) is 2.89. The molecule has 0 unspecified atom stereocenters. The molecular weight excluding hydrogens is 512 g/mol. The monoisotopic (exact) mass is 534 g/mol. The zero-order valence-corrected chi connectivity index (χ0v) is 21.7. The molecule has 0 aliphatic heterocycles. The van der Waals surface area contributed by atoms with Crippen LogP contribution in [0.25, 0.3) is 0 Å². The van der Waals surface area contributed by atoms with Crippen LogP contribution in [-0.4, -0.2) is 25.3 Å². The van der Waals surface area contributed by atoms with Crippen molar-refractivity contribution in [1.82, 2.24) is 4.98 Å². The molecule has 37 heavy (non-hydrogen) atoms. The first kappa shape index (κ1) is 26.1. The van der Waals surface area contributed by atoms with Crippen LogP contribution in [0.5, 0.6) is 0 Å². The Labute approximate surface area is 220 Å². The molecule has 7 nitrogen and oxygen atoms in total. The van der Waals surface area contributed by atoms with E-state index in [1.165, 1.54) is 42.6 Å². The molecule has 3 aromatic carbocycles. The molecule has 0 atom stereocenters. The van der Waals surface area contributed by atoms with E-state index in [1.54, 1.807) is 43.3 Å². The number of benzene rings is 3. The van der Waals surface area contributed by atoms with Crippen molar-refractivity contribution in [2.45, 2.75) is 25.3 Å². The number of hydrogen-bond acceptors (Lipinski definition) is 6. The lowest BCUT2D eigenvalue weighted by Crippen LogP contribution is -2.37. The highest BCUT2D eigenvalue weighted by atomic mass is 35.5. The number of nitrogens with zero attached hydrogens (tertiary/aromatic N) is 2. The fraction of sp³-hybridized carbons (Fsp3) is 0.107. The fourth-order valence-electron chi connectivity index (χ4n) is 3.64. The highest BCUT2D eigenvalue weighted by Gasteiger charge is 2.33. The van der Waals surface area contributed by atoms with Gasteiger partial charge in [0.15, 0.2) is 0 Å². The molecule has 1 heterocycles. The number of amides is 1. The Morgan fingerprint density at radius 1 is 0.838 bits per heavy atom. The van der Waals surface area contributed by atoms with Crippen molar-refractivity contribution in [2.75, 3.05) is 4.31 Å². The van der Waals surface area contributed by atoms with Gasteiger partial charge in [0.25, 0.3) is 15.9 Å². The summed E-state index contributed by atoms with van der Waals surface area (Å²) in [4.78, 5) is 30.1. The van der Waals surface area contributed by atoms with Crippen molar-refractivity contribution >= 4 is 39.2 Å². The highest BCUT2D eigenvalue weighted by Crippen LogP contribution is 2.27. The van der Waals surface area contributed by atoms with Gasteiger partial charge in [-0.1, -0.05) is 48.0 Å². The smallest absolute Gasteiger partial charge is 0.338 e. The van der Waals surface area contributed by atoms with E-state index in [4.69, 9.17) is 16.3 Å². The van der Waals surface area contributed by atoms with Crippen LogP contribution < -0.4 is 4.31 Å². The number of aromatic nitrogens is 1. The Balaban J connectivity index is 1.65.